The molecule has 0 spiro atoms. The van der Waals surface area contributed by atoms with E-state index < -0.39 is 0 Å². The summed E-state index contributed by atoms with van der Waals surface area (Å²) in [6.45, 7) is 2.73. The number of anilines is 1. The smallest absolute Gasteiger partial charge is 0.257 e. The first kappa shape index (κ1) is 22.6. The number of rotatable bonds is 10. The first-order valence-corrected chi connectivity index (χ1v) is 10.3. The van der Waals surface area contributed by atoms with Gasteiger partial charge in [0.2, 0.25) is 0 Å². The molecule has 29 heavy (non-hydrogen) atoms. The summed E-state index contributed by atoms with van der Waals surface area (Å²) < 4.78 is 11.7. The molecule has 0 heterocycles. The summed E-state index contributed by atoms with van der Waals surface area (Å²) in [5.74, 6) is 0.654. The maximum Gasteiger partial charge on any atom is 0.257 e. The molecule has 6 nitrogen and oxygen atoms in total. The maximum atomic E-state index is 12.1. The SMILES string of the molecule is CCOc1cc(C#N)cc(Br)c1OCC(=O)NCCCc1ccc(N(C)C)cc1. The Morgan fingerprint density at radius 1 is 1.21 bits per heavy atom. The van der Waals surface area contributed by atoms with Crippen LogP contribution in [0.3, 0.4) is 0 Å². The predicted octanol–water partition coefficient (Wildman–Crippen LogP) is 3.91. The van der Waals surface area contributed by atoms with E-state index in [2.05, 4.69) is 56.5 Å². The van der Waals surface area contributed by atoms with E-state index in [1.54, 1.807) is 12.1 Å². The van der Waals surface area contributed by atoms with E-state index in [4.69, 9.17) is 14.7 Å². The predicted molar refractivity (Wildman–Crippen MR) is 118 cm³/mol. The van der Waals surface area contributed by atoms with Crippen LogP contribution in [0.5, 0.6) is 11.5 Å². The topological polar surface area (TPSA) is 74.6 Å². The molecule has 0 radical (unpaired) electrons. The Balaban J connectivity index is 1.79. The normalized spacial score (nSPS) is 10.2. The summed E-state index contributed by atoms with van der Waals surface area (Å²) >= 11 is 3.37. The average molecular weight is 460 g/mol. The van der Waals surface area contributed by atoms with Crippen LogP contribution in [0.1, 0.15) is 24.5 Å². The van der Waals surface area contributed by atoms with Crippen molar-refractivity contribution in [1.82, 2.24) is 5.32 Å². The van der Waals surface area contributed by atoms with Crippen LogP contribution in [0, 0.1) is 11.3 Å². The zero-order valence-corrected chi connectivity index (χ0v) is 18.6. The van der Waals surface area contributed by atoms with Crippen molar-refractivity contribution in [1.29, 1.82) is 5.26 Å². The Labute approximate surface area is 180 Å². The highest BCUT2D eigenvalue weighted by Gasteiger charge is 2.14. The molecule has 0 aliphatic heterocycles. The molecule has 7 heteroatoms. The largest absolute Gasteiger partial charge is 0.490 e. The number of carbonyl (C=O) groups excluding carboxylic acids is 1. The van der Waals surface area contributed by atoms with Gasteiger partial charge in [0.15, 0.2) is 18.1 Å². The zero-order chi connectivity index (χ0) is 21.2. The summed E-state index contributed by atoms with van der Waals surface area (Å²) in [7, 11) is 4.03. The van der Waals surface area contributed by atoms with Gasteiger partial charge in [-0.05, 0) is 59.5 Å². The van der Waals surface area contributed by atoms with Gasteiger partial charge >= 0.3 is 0 Å². The van der Waals surface area contributed by atoms with E-state index in [1.807, 2.05) is 21.0 Å². The van der Waals surface area contributed by atoms with Crippen LogP contribution in [0.25, 0.3) is 0 Å². The van der Waals surface area contributed by atoms with Crippen molar-refractivity contribution in [3.63, 3.8) is 0 Å². The van der Waals surface area contributed by atoms with Gasteiger partial charge < -0.3 is 19.7 Å². The summed E-state index contributed by atoms with van der Waals surface area (Å²) in [6, 6.07) is 13.7. The molecule has 0 aliphatic rings. The lowest BCUT2D eigenvalue weighted by atomic mass is 10.1. The molecule has 2 aromatic rings. The molecule has 1 N–H and O–H groups in total. The van der Waals surface area contributed by atoms with Gasteiger partial charge in [0.05, 0.1) is 22.7 Å². The molecule has 154 valence electrons. The highest BCUT2D eigenvalue weighted by Crippen LogP contribution is 2.36. The van der Waals surface area contributed by atoms with Crippen LogP contribution in [0.2, 0.25) is 0 Å². The third-order valence-electron chi connectivity index (χ3n) is 4.20. The van der Waals surface area contributed by atoms with Gasteiger partial charge in [-0.15, -0.1) is 0 Å². The summed E-state index contributed by atoms with van der Waals surface area (Å²) in [6.07, 6.45) is 1.74. The quantitative estimate of drug-likeness (QED) is 0.545. The number of hydrogen-bond acceptors (Lipinski definition) is 5. The molecule has 0 bridgehead atoms. The number of benzene rings is 2. The number of nitrogens with zero attached hydrogens (tertiary/aromatic N) is 2. The number of nitriles is 1. The van der Waals surface area contributed by atoms with E-state index >= 15 is 0 Å². The second kappa shape index (κ2) is 11.3. The third-order valence-corrected chi connectivity index (χ3v) is 4.79. The summed E-state index contributed by atoms with van der Waals surface area (Å²) in [4.78, 5) is 14.2. The zero-order valence-electron chi connectivity index (χ0n) is 17.0. The Hall–Kier alpha value is -2.72. The fourth-order valence-electron chi connectivity index (χ4n) is 2.71. The molecule has 2 rings (SSSR count). The van der Waals surface area contributed by atoms with Crippen molar-refractivity contribution >= 4 is 27.5 Å². The monoisotopic (exact) mass is 459 g/mol. The van der Waals surface area contributed by atoms with E-state index in [1.165, 1.54) is 11.3 Å². The van der Waals surface area contributed by atoms with Crippen LogP contribution in [0.15, 0.2) is 40.9 Å². The number of nitrogens with one attached hydrogen (secondary N) is 1. The summed E-state index contributed by atoms with van der Waals surface area (Å²) in [5, 5.41) is 11.9. The van der Waals surface area contributed by atoms with Crippen LogP contribution >= 0.6 is 15.9 Å². The van der Waals surface area contributed by atoms with Crippen LogP contribution in [-0.4, -0.2) is 39.8 Å². The number of ether oxygens (including phenoxy) is 2. The Kier molecular flexibility index (Phi) is 8.81. The van der Waals surface area contributed by atoms with Crippen molar-refractivity contribution < 1.29 is 14.3 Å². The first-order chi connectivity index (χ1) is 13.9. The summed E-state index contributed by atoms with van der Waals surface area (Å²) in [5.41, 5.74) is 2.86. The highest BCUT2D eigenvalue weighted by molar-refractivity contribution is 9.10. The van der Waals surface area contributed by atoms with E-state index in [-0.39, 0.29) is 12.5 Å². The second-order valence-electron chi connectivity index (χ2n) is 6.63. The first-order valence-electron chi connectivity index (χ1n) is 9.46. The number of halogens is 1. The van der Waals surface area contributed by atoms with Gasteiger partial charge in [0.1, 0.15) is 0 Å². The van der Waals surface area contributed by atoms with Crippen molar-refractivity contribution in [3.05, 3.63) is 52.0 Å². The van der Waals surface area contributed by atoms with E-state index in [0.29, 0.717) is 34.7 Å². The second-order valence-corrected chi connectivity index (χ2v) is 7.49. The lowest BCUT2D eigenvalue weighted by Crippen LogP contribution is -2.30. The van der Waals surface area contributed by atoms with Crippen LogP contribution < -0.4 is 19.7 Å². The standard InChI is InChI=1S/C22H26BrN3O3/c1-4-28-20-13-17(14-24)12-19(23)22(20)29-15-21(27)25-11-5-6-16-7-9-18(10-8-16)26(2)3/h7-10,12-13H,4-6,11,15H2,1-3H3,(H,25,27). The van der Waals surface area contributed by atoms with Crippen molar-refractivity contribution in [2.75, 3.05) is 38.8 Å². The Morgan fingerprint density at radius 3 is 2.55 bits per heavy atom. The molecule has 0 fully saturated rings. The van der Waals surface area contributed by atoms with E-state index in [9.17, 15) is 4.79 Å². The van der Waals surface area contributed by atoms with Gasteiger partial charge in [0, 0.05) is 32.4 Å². The number of aryl methyl sites for hydroxylation is 1. The molecule has 0 aromatic heterocycles. The minimum atomic E-state index is -0.202. The van der Waals surface area contributed by atoms with E-state index in [0.717, 1.165) is 12.8 Å². The number of carbonyl (C=O) groups is 1. The van der Waals surface area contributed by atoms with Gasteiger partial charge in [-0.2, -0.15) is 5.26 Å². The van der Waals surface area contributed by atoms with Crippen molar-refractivity contribution in [2.45, 2.75) is 19.8 Å². The fraction of sp³-hybridized carbons (Fsp3) is 0.364. The van der Waals surface area contributed by atoms with Gasteiger partial charge in [-0.25, -0.2) is 0 Å². The van der Waals surface area contributed by atoms with Crippen LogP contribution in [0.4, 0.5) is 5.69 Å². The molecular formula is C22H26BrN3O3. The third kappa shape index (κ3) is 6.99. The average Bonchev–Trinajstić information content (AvgIpc) is 2.71. The molecule has 0 atom stereocenters. The molecule has 2 aromatic carbocycles. The molecule has 0 saturated carbocycles. The van der Waals surface area contributed by atoms with Gasteiger partial charge in [0.25, 0.3) is 5.91 Å². The highest BCUT2D eigenvalue weighted by atomic mass is 79.9. The van der Waals surface area contributed by atoms with Crippen molar-refractivity contribution in [3.8, 4) is 17.6 Å². The molecule has 0 saturated heterocycles. The van der Waals surface area contributed by atoms with Crippen LogP contribution in [-0.2, 0) is 11.2 Å². The Bertz CT molecular complexity index is 861. The number of hydrogen-bond donors (Lipinski definition) is 1. The maximum absolute atomic E-state index is 12.1. The van der Waals surface area contributed by atoms with Crippen molar-refractivity contribution in [2.24, 2.45) is 0 Å². The minimum Gasteiger partial charge on any atom is -0.490 e. The minimum absolute atomic E-state index is 0.123. The molecule has 0 unspecified atom stereocenters. The van der Waals surface area contributed by atoms with Gasteiger partial charge in [-0.3, -0.25) is 4.79 Å². The lowest BCUT2D eigenvalue weighted by molar-refractivity contribution is -0.123. The Morgan fingerprint density at radius 2 is 1.93 bits per heavy atom. The molecular weight excluding hydrogens is 434 g/mol. The molecule has 0 aliphatic carbocycles. The fourth-order valence-corrected chi connectivity index (χ4v) is 3.26. The lowest BCUT2D eigenvalue weighted by Gasteiger charge is -2.14. The molecule has 1 amide bonds. The van der Waals surface area contributed by atoms with Gasteiger partial charge in [-0.1, -0.05) is 12.1 Å². The number of amides is 1.